The Morgan fingerprint density at radius 3 is 2.67 bits per heavy atom. The summed E-state index contributed by atoms with van der Waals surface area (Å²) in [6, 6.07) is 10.0. The van der Waals surface area contributed by atoms with Crippen LogP contribution in [0.15, 0.2) is 30.3 Å². The first-order valence-electron chi connectivity index (χ1n) is 7.30. The van der Waals surface area contributed by atoms with Crippen LogP contribution in [0.5, 0.6) is 0 Å². The average molecular weight is 286 g/mol. The van der Waals surface area contributed by atoms with Gasteiger partial charge in [-0.2, -0.15) is 5.10 Å². The molecule has 0 atom stereocenters. The molecule has 0 aliphatic rings. The Hall–Kier alpha value is -2.14. The van der Waals surface area contributed by atoms with Gasteiger partial charge in [0.2, 0.25) is 0 Å². The molecule has 2 rings (SSSR count). The van der Waals surface area contributed by atoms with E-state index >= 15 is 0 Å². The van der Waals surface area contributed by atoms with Gasteiger partial charge in [0.25, 0.3) is 0 Å². The Bertz CT molecular complexity index is 577. The van der Waals surface area contributed by atoms with Crippen molar-refractivity contribution in [1.82, 2.24) is 15.1 Å². The molecule has 1 heterocycles. The zero-order chi connectivity index (χ0) is 15.1. The lowest BCUT2D eigenvalue weighted by molar-refractivity contribution is -0.107. The van der Waals surface area contributed by atoms with E-state index < -0.39 is 0 Å². The van der Waals surface area contributed by atoms with Crippen LogP contribution in [0, 0.1) is 0 Å². The molecule has 0 saturated carbocycles. The highest BCUT2D eigenvalue weighted by Crippen LogP contribution is 2.25. The highest BCUT2D eigenvalue weighted by molar-refractivity contribution is 5.56. The first-order valence-corrected chi connectivity index (χ1v) is 7.30. The number of carbonyl (C=O) groups excluding carboxylic acids is 1. The Morgan fingerprint density at radius 1 is 1.29 bits per heavy atom. The number of aromatic nitrogens is 2. The van der Waals surface area contributed by atoms with Crippen molar-refractivity contribution in [3.63, 3.8) is 0 Å². The number of benzene rings is 1. The van der Waals surface area contributed by atoms with Gasteiger partial charge >= 0.3 is 0 Å². The molecule has 112 valence electrons. The highest BCUT2D eigenvalue weighted by atomic mass is 16.1. The lowest BCUT2D eigenvalue weighted by Crippen LogP contribution is -2.08. The molecular weight excluding hydrogens is 264 g/mol. The number of carbonyl (C=O) groups is 1. The van der Waals surface area contributed by atoms with Gasteiger partial charge in [-0.25, -0.2) is 4.68 Å². The van der Waals surface area contributed by atoms with Gasteiger partial charge in [-0.3, -0.25) is 0 Å². The molecule has 21 heavy (non-hydrogen) atoms. The predicted octanol–water partition coefficient (Wildman–Crippen LogP) is 2.15. The van der Waals surface area contributed by atoms with Gasteiger partial charge < -0.3 is 15.4 Å². The average Bonchev–Trinajstić information content (AvgIpc) is 2.85. The Kier molecular flexibility index (Phi) is 5.51. The third-order valence-corrected chi connectivity index (χ3v) is 3.27. The number of nitrogens with zero attached hydrogens (tertiary/aromatic N) is 2. The smallest absolute Gasteiger partial charge is 0.133 e. The molecule has 0 aliphatic heterocycles. The van der Waals surface area contributed by atoms with Crippen molar-refractivity contribution in [3.05, 3.63) is 41.6 Å². The summed E-state index contributed by atoms with van der Waals surface area (Å²) in [6.07, 6.45) is 2.17. The van der Waals surface area contributed by atoms with Gasteiger partial charge in [0, 0.05) is 25.1 Å². The van der Waals surface area contributed by atoms with Crippen molar-refractivity contribution in [1.29, 1.82) is 0 Å². The molecule has 5 heteroatoms. The van der Waals surface area contributed by atoms with Crippen molar-refractivity contribution in [2.45, 2.75) is 26.3 Å². The minimum Gasteiger partial charge on any atom is -0.370 e. The largest absolute Gasteiger partial charge is 0.370 e. The fourth-order valence-corrected chi connectivity index (χ4v) is 2.38. The molecule has 0 saturated heterocycles. The molecule has 0 amide bonds. The van der Waals surface area contributed by atoms with Gasteiger partial charge in [0.15, 0.2) is 0 Å². The highest BCUT2D eigenvalue weighted by Gasteiger charge is 2.17. The number of hydrogen-bond acceptors (Lipinski definition) is 4. The van der Waals surface area contributed by atoms with Gasteiger partial charge in [-0.1, -0.05) is 18.2 Å². The maximum Gasteiger partial charge on any atom is 0.133 e. The second-order valence-corrected chi connectivity index (χ2v) is 4.79. The van der Waals surface area contributed by atoms with Crippen LogP contribution in [0.2, 0.25) is 0 Å². The Labute approximate surface area is 125 Å². The van der Waals surface area contributed by atoms with Crippen molar-refractivity contribution >= 4 is 12.1 Å². The molecule has 5 nitrogen and oxygen atoms in total. The lowest BCUT2D eigenvalue weighted by atomic mass is 10.1. The first kappa shape index (κ1) is 15.3. The number of rotatable bonds is 8. The van der Waals surface area contributed by atoms with Crippen molar-refractivity contribution in [2.24, 2.45) is 0 Å². The van der Waals surface area contributed by atoms with Crippen LogP contribution in [0.1, 0.15) is 24.6 Å². The van der Waals surface area contributed by atoms with E-state index in [1.165, 1.54) is 0 Å². The number of anilines is 1. The maximum atomic E-state index is 10.7. The lowest BCUT2D eigenvalue weighted by Gasteiger charge is -2.10. The number of aldehydes is 1. The first-order chi connectivity index (χ1) is 10.3. The van der Waals surface area contributed by atoms with E-state index in [9.17, 15) is 4.79 Å². The van der Waals surface area contributed by atoms with E-state index in [-0.39, 0.29) is 0 Å². The zero-order valence-corrected chi connectivity index (χ0v) is 12.6. The summed E-state index contributed by atoms with van der Waals surface area (Å²) in [5.41, 5.74) is 3.12. The molecule has 0 unspecified atom stereocenters. The summed E-state index contributed by atoms with van der Waals surface area (Å²) in [5.74, 6) is 0.982. The predicted molar refractivity (Wildman–Crippen MR) is 84.9 cm³/mol. The number of nitrogens with one attached hydrogen (secondary N) is 2. The SMILES string of the molecule is CCNc1c(CCC=O)c(CNC)nn1-c1ccccc1. The Morgan fingerprint density at radius 2 is 2.05 bits per heavy atom. The van der Waals surface area contributed by atoms with Gasteiger partial charge in [-0.15, -0.1) is 0 Å². The van der Waals surface area contributed by atoms with E-state index in [1.54, 1.807) is 0 Å². The molecule has 1 aromatic carbocycles. The number of para-hydroxylation sites is 1. The van der Waals surface area contributed by atoms with Crippen molar-refractivity contribution < 1.29 is 4.79 Å². The topological polar surface area (TPSA) is 59.0 Å². The molecule has 0 bridgehead atoms. The molecule has 1 aromatic heterocycles. The Balaban J connectivity index is 2.50. The summed E-state index contributed by atoms with van der Waals surface area (Å²) in [5, 5.41) is 11.2. The van der Waals surface area contributed by atoms with E-state index in [1.807, 2.05) is 42.1 Å². The normalized spacial score (nSPS) is 10.6. The third kappa shape index (κ3) is 3.49. The second-order valence-electron chi connectivity index (χ2n) is 4.79. The molecule has 2 N–H and O–H groups in total. The van der Waals surface area contributed by atoms with E-state index in [0.717, 1.165) is 35.6 Å². The monoisotopic (exact) mass is 286 g/mol. The fourth-order valence-electron chi connectivity index (χ4n) is 2.38. The second kappa shape index (κ2) is 7.59. The van der Waals surface area contributed by atoms with Gasteiger partial charge in [0.1, 0.15) is 12.1 Å². The summed E-state index contributed by atoms with van der Waals surface area (Å²) in [4.78, 5) is 10.7. The molecular formula is C16H22N4O. The summed E-state index contributed by atoms with van der Waals surface area (Å²) in [6.45, 7) is 3.56. The molecule has 0 spiro atoms. The molecule has 0 fully saturated rings. The van der Waals surface area contributed by atoms with Crippen LogP contribution in [-0.4, -0.2) is 29.7 Å². The molecule has 0 radical (unpaired) electrons. The molecule has 0 aliphatic carbocycles. The fraction of sp³-hybridized carbons (Fsp3) is 0.375. The zero-order valence-electron chi connectivity index (χ0n) is 12.6. The van der Waals surface area contributed by atoms with Gasteiger partial charge in [-0.05, 0) is 32.5 Å². The minimum atomic E-state index is 0.510. The van der Waals surface area contributed by atoms with Gasteiger partial charge in [0.05, 0.1) is 11.4 Å². The van der Waals surface area contributed by atoms with Crippen LogP contribution in [0.25, 0.3) is 5.69 Å². The van der Waals surface area contributed by atoms with E-state index in [4.69, 9.17) is 5.10 Å². The quantitative estimate of drug-likeness (QED) is 0.730. The van der Waals surface area contributed by atoms with Crippen LogP contribution >= 0.6 is 0 Å². The maximum absolute atomic E-state index is 10.7. The van der Waals surface area contributed by atoms with Crippen LogP contribution in [0.4, 0.5) is 5.82 Å². The van der Waals surface area contributed by atoms with Crippen LogP contribution in [-0.2, 0) is 17.8 Å². The van der Waals surface area contributed by atoms with Crippen molar-refractivity contribution in [3.8, 4) is 5.69 Å². The summed E-state index contributed by atoms with van der Waals surface area (Å²) in [7, 11) is 1.90. The van der Waals surface area contributed by atoms with Crippen LogP contribution in [0.3, 0.4) is 0 Å². The van der Waals surface area contributed by atoms with Crippen molar-refractivity contribution in [2.75, 3.05) is 18.9 Å². The van der Waals surface area contributed by atoms with E-state index in [0.29, 0.717) is 19.4 Å². The van der Waals surface area contributed by atoms with Crippen LogP contribution < -0.4 is 10.6 Å². The summed E-state index contributed by atoms with van der Waals surface area (Å²) < 4.78 is 1.93. The summed E-state index contributed by atoms with van der Waals surface area (Å²) >= 11 is 0. The number of hydrogen-bond donors (Lipinski definition) is 2. The standard InChI is InChI=1S/C16H22N4O/c1-3-18-16-14(10-7-11-21)15(12-17-2)19-20(16)13-8-5-4-6-9-13/h4-6,8-9,11,17-18H,3,7,10,12H2,1-2H3. The molecule has 2 aromatic rings. The van der Waals surface area contributed by atoms with E-state index in [2.05, 4.69) is 17.6 Å². The minimum absolute atomic E-state index is 0.510. The third-order valence-electron chi connectivity index (χ3n) is 3.27.